The predicted octanol–water partition coefficient (Wildman–Crippen LogP) is 2.39. The smallest absolute Gasteiger partial charge is 0.263 e. The van der Waals surface area contributed by atoms with Crippen LogP contribution in [0.2, 0.25) is 0 Å². The highest BCUT2D eigenvalue weighted by Gasteiger charge is 2.17. The number of hydrogen-bond acceptors (Lipinski definition) is 4. The van der Waals surface area contributed by atoms with Crippen molar-refractivity contribution >= 4 is 17.2 Å². The van der Waals surface area contributed by atoms with E-state index >= 15 is 0 Å². The molecule has 1 N–H and O–H groups in total. The number of carbonyl (C=O) groups is 1. The van der Waals surface area contributed by atoms with Crippen molar-refractivity contribution < 1.29 is 4.79 Å². The SMILES string of the molecule is CCCNC(=O)c1sc(-n2nc(C)cc2C)nc1C. The van der Waals surface area contributed by atoms with Crippen molar-refractivity contribution in [2.45, 2.75) is 34.1 Å². The van der Waals surface area contributed by atoms with Gasteiger partial charge in [0.15, 0.2) is 0 Å². The van der Waals surface area contributed by atoms with E-state index in [0.717, 1.165) is 28.6 Å². The van der Waals surface area contributed by atoms with E-state index in [2.05, 4.69) is 15.4 Å². The molecule has 0 atom stereocenters. The molecule has 0 saturated heterocycles. The largest absolute Gasteiger partial charge is 0.351 e. The van der Waals surface area contributed by atoms with Gasteiger partial charge in [0, 0.05) is 12.2 Å². The molecule has 1 amide bonds. The van der Waals surface area contributed by atoms with Gasteiger partial charge in [0.05, 0.1) is 11.4 Å². The zero-order chi connectivity index (χ0) is 14.0. The van der Waals surface area contributed by atoms with Gasteiger partial charge in [-0.15, -0.1) is 0 Å². The molecule has 0 radical (unpaired) electrons. The Balaban J connectivity index is 2.31. The number of nitrogens with one attached hydrogen (secondary N) is 1. The lowest BCUT2D eigenvalue weighted by Crippen LogP contribution is -2.23. The summed E-state index contributed by atoms with van der Waals surface area (Å²) in [7, 11) is 0. The number of hydrogen-bond donors (Lipinski definition) is 1. The van der Waals surface area contributed by atoms with Crippen LogP contribution < -0.4 is 5.32 Å². The third kappa shape index (κ3) is 2.84. The lowest BCUT2D eigenvalue weighted by molar-refractivity contribution is 0.0957. The molecular weight excluding hydrogens is 260 g/mol. The van der Waals surface area contributed by atoms with Gasteiger partial charge >= 0.3 is 0 Å². The molecule has 0 fully saturated rings. The molecule has 0 unspecified atom stereocenters. The van der Waals surface area contributed by atoms with E-state index in [1.807, 2.05) is 33.8 Å². The van der Waals surface area contributed by atoms with Crippen LogP contribution in [-0.2, 0) is 0 Å². The second kappa shape index (κ2) is 5.52. The second-order valence-corrected chi connectivity index (χ2v) is 5.48. The molecule has 0 spiro atoms. The number of thiazole rings is 1. The van der Waals surface area contributed by atoms with Crippen molar-refractivity contribution in [2.75, 3.05) is 6.54 Å². The molecule has 0 aliphatic heterocycles. The Labute approximate surface area is 116 Å². The minimum absolute atomic E-state index is 0.0513. The van der Waals surface area contributed by atoms with Gasteiger partial charge < -0.3 is 5.32 Å². The number of aromatic nitrogens is 3. The Morgan fingerprint density at radius 1 is 1.42 bits per heavy atom. The Hall–Kier alpha value is -1.69. The molecule has 0 bridgehead atoms. The third-order valence-corrected chi connectivity index (χ3v) is 3.85. The summed E-state index contributed by atoms with van der Waals surface area (Å²) in [4.78, 5) is 17.1. The Morgan fingerprint density at radius 3 is 2.74 bits per heavy atom. The topological polar surface area (TPSA) is 59.8 Å². The van der Waals surface area contributed by atoms with Crippen molar-refractivity contribution in [3.8, 4) is 5.13 Å². The van der Waals surface area contributed by atoms with Gasteiger partial charge in [0.1, 0.15) is 4.88 Å². The summed E-state index contributed by atoms with van der Waals surface area (Å²) < 4.78 is 1.78. The first-order chi connectivity index (χ1) is 9.02. The Morgan fingerprint density at radius 2 is 2.16 bits per heavy atom. The van der Waals surface area contributed by atoms with E-state index in [4.69, 9.17) is 0 Å². The van der Waals surface area contributed by atoms with E-state index < -0.39 is 0 Å². The molecule has 0 aliphatic rings. The predicted molar refractivity (Wildman–Crippen MR) is 76.1 cm³/mol. The summed E-state index contributed by atoms with van der Waals surface area (Å²) in [5.41, 5.74) is 2.72. The van der Waals surface area contributed by atoms with Crippen LogP contribution in [0.15, 0.2) is 6.07 Å². The maximum Gasteiger partial charge on any atom is 0.263 e. The van der Waals surface area contributed by atoms with Crippen LogP contribution in [0.25, 0.3) is 5.13 Å². The minimum Gasteiger partial charge on any atom is -0.351 e. The number of nitrogens with zero attached hydrogens (tertiary/aromatic N) is 3. The van der Waals surface area contributed by atoms with Gasteiger partial charge in [-0.25, -0.2) is 9.67 Å². The maximum absolute atomic E-state index is 12.0. The third-order valence-electron chi connectivity index (χ3n) is 2.72. The van der Waals surface area contributed by atoms with Gasteiger partial charge in [-0.05, 0) is 33.3 Å². The average Bonchev–Trinajstić information content (AvgIpc) is 2.89. The lowest BCUT2D eigenvalue weighted by Gasteiger charge is -2.00. The van der Waals surface area contributed by atoms with Crippen LogP contribution in [-0.4, -0.2) is 27.2 Å². The molecule has 2 aromatic heterocycles. The molecule has 5 nitrogen and oxygen atoms in total. The van der Waals surface area contributed by atoms with Crippen molar-refractivity contribution in [1.29, 1.82) is 0 Å². The quantitative estimate of drug-likeness (QED) is 0.934. The highest BCUT2D eigenvalue weighted by Crippen LogP contribution is 2.22. The maximum atomic E-state index is 12.0. The van der Waals surface area contributed by atoms with E-state index in [0.29, 0.717) is 11.4 Å². The summed E-state index contributed by atoms with van der Waals surface area (Å²) in [5.74, 6) is -0.0513. The summed E-state index contributed by atoms with van der Waals surface area (Å²) in [6.07, 6.45) is 0.925. The first-order valence-electron chi connectivity index (χ1n) is 6.32. The van der Waals surface area contributed by atoms with Crippen LogP contribution >= 0.6 is 11.3 Å². The average molecular weight is 278 g/mol. The molecule has 2 aromatic rings. The molecule has 0 saturated carbocycles. The molecule has 6 heteroatoms. The van der Waals surface area contributed by atoms with Crippen molar-refractivity contribution in [2.24, 2.45) is 0 Å². The summed E-state index contributed by atoms with van der Waals surface area (Å²) in [6.45, 7) is 8.49. The molecule has 19 heavy (non-hydrogen) atoms. The number of aryl methyl sites for hydroxylation is 3. The van der Waals surface area contributed by atoms with E-state index in [-0.39, 0.29) is 5.91 Å². The van der Waals surface area contributed by atoms with Crippen molar-refractivity contribution in [3.05, 3.63) is 28.0 Å². The zero-order valence-corrected chi connectivity index (χ0v) is 12.5. The second-order valence-electron chi connectivity index (χ2n) is 4.51. The fraction of sp³-hybridized carbons (Fsp3) is 0.462. The van der Waals surface area contributed by atoms with Gasteiger partial charge in [0.25, 0.3) is 5.91 Å². The molecular formula is C13H18N4OS. The normalized spacial score (nSPS) is 10.7. The summed E-state index contributed by atoms with van der Waals surface area (Å²) in [5, 5.41) is 8.01. The minimum atomic E-state index is -0.0513. The zero-order valence-electron chi connectivity index (χ0n) is 11.6. The van der Waals surface area contributed by atoms with Gasteiger partial charge in [-0.3, -0.25) is 4.79 Å². The lowest BCUT2D eigenvalue weighted by atomic mass is 10.3. The standard InChI is InChI=1S/C13H18N4OS/c1-5-6-14-12(18)11-10(4)15-13(19-11)17-9(3)7-8(2)16-17/h7H,5-6H2,1-4H3,(H,14,18). The molecule has 2 heterocycles. The van der Waals surface area contributed by atoms with Crippen LogP contribution in [0.1, 0.15) is 40.1 Å². The van der Waals surface area contributed by atoms with Gasteiger partial charge in [0.2, 0.25) is 5.13 Å². The van der Waals surface area contributed by atoms with Crippen LogP contribution in [0.3, 0.4) is 0 Å². The number of amides is 1. The fourth-order valence-corrected chi connectivity index (χ4v) is 2.82. The van der Waals surface area contributed by atoms with Crippen LogP contribution in [0.4, 0.5) is 0 Å². The molecule has 0 aromatic carbocycles. The van der Waals surface area contributed by atoms with Crippen LogP contribution in [0, 0.1) is 20.8 Å². The summed E-state index contributed by atoms with van der Waals surface area (Å²) >= 11 is 1.38. The first-order valence-corrected chi connectivity index (χ1v) is 7.13. The molecule has 102 valence electrons. The Kier molecular flexibility index (Phi) is 3.99. The summed E-state index contributed by atoms with van der Waals surface area (Å²) in [6, 6.07) is 1.99. The Bertz CT molecular complexity index is 600. The molecule has 0 aliphatic carbocycles. The highest BCUT2D eigenvalue weighted by atomic mass is 32.1. The van der Waals surface area contributed by atoms with E-state index in [1.54, 1.807) is 4.68 Å². The molecule has 2 rings (SSSR count). The monoisotopic (exact) mass is 278 g/mol. The number of rotatable bonds is 4. The number of carbonyl (C=O) groups excluding carboxylic acids is 1. The van der Waals surface area contributed by atoms with E-state index in [1.165, 1.54) is 11.3 Å². The van der Waals surface area contributed by atoms with Crippen molar-refractivity contribution in [3.63, 3.8) is 0 Å². The van der Waals surface area contributed by atoms with E-state index in [9.17, 15) is 4.79 Å². The van der Waals surface area contributed by atoms with Crippen LogP contribution in [0.5, 0.6) is 0 Å². The fourth-order valence-electron chi connectivity index (χ4n) is 1.82. The van der Waals surface area contributed by atoms with Gasteiger partial charge in [-0.2, -0.15) is 5.10 Å². The first kappa shape index (κ1) is 13.7. The van der Waals surface area contributed by atoms with Gasteiger partial charge in [-0.1, -0.05) is 18.3 Å². The van der Waals surface area contributed by atoms with Crippen molar-refractivity contribution in [1.82, 2.24) is 20.1 Å². The highest BCUT2D eigenvalue weighted by molar-refractivity contribution is 7.16.